The predicted octanol–water partition coefficient (Wildman–Crippen LogP) is 1.80. The van der Waals surface area contributed by atoms with Crippen molar-refractivity contribution in [2.45, 2.75) is 18.9 Å². The number of hydrogen-bond donors (Lipinski definition) is 0. The molecular weight excluding hydrogens is 258 g/mol. The van der Waals surface area contributed by atoms with Gasteiger partial charge in [0, 0.05) is 12.6 Å². The summed E-state index contributed by atoms with van der Waals surface area (Å²) >= 11 is 0. The highest BCUT2D eigenvalue weighted by atomic mass is 16.5. The highest BCUT2D eigenvalue weighted by molar-refractivity contribution is 5.70. The molecule has 1 atom stereocenters. The molecule has 2 rings (SSSR count). The van der Waals surface area contributed by atoms with E-state index in [4.69, 9.17) is 14.2 Å². The average Bonchev–Trinajstić information content (AvgIpc) is 2.48. The van der Waals surface area contributed by atoms with Gasteiger partial charge in [-0.1, -0.05) is 0 Å². The number of esters is 1. The van der Waals surface area contributed by atoms with Gasteiger partial charge in [0.2, 0.25) is 0 Å². The van der Waals surface area contributed by atoms with Gasteiger partial charge in [-0.05, 0) is 36.7 Å². The molecule has 1 aliphatic rings. The van der Waals surface area contributed by atoms with Crippen LogP contribution in [-0.2, 0) is 16.0 Å². The Labute approximate surface area is 119 Å². The van der Waals surface area contributed by atoms with Crippen molar-refractivity contribution < 1.29 is 19.0 Å². The van der Waals surface area contributed by atoms with Gasteiger partial charge in [-0.25, -0.2) is 0 Å². The smallest absolute Gasteiger partial charge is 0.307 e. The normalized spacial score (nSPS) is 18.3. The maximum atomic E-state index is 11.6. The van der Waals surface area contributed by atoms with Crippen molar-refractivity contribution in [1.29, 1.82) is 0 Å². The first-order valence-electron chi connectivity index (χ1n) is 6.62. The first-order chi connectivity index (χ1) is 9.60. The molecule has 20 heavy (non-hydrogen) atoms. The molecule has 5 heteroatoms. The molecule has 1 unspecified atom stereocenters. The molecule has 0 bridgehead atoms. The van der Waals surface area contributed by atoms with Gasteiger partial charge in [0.15, 0.2) is 11.5 Å². The number of likely N-dealkylation sites (N-methyl/N-ethyl adjacent to an activating group) is 1. The summed E-state index contributed by atoms with van der Waals surface area (Å²) in [7, 11) is 6.69. The van der Waals surface area contributed by atoms with E-state index in [9.17, 15) is 4.79 Å². The van der Waals surface area contributed by atoms with E-state index in [1.54, 1.807) is 14.2 Å². The molecule has 0 aliphatic carbocycles. The molecule has 1 aliphatic heterocycles. The zero-order chi connectivity index (χ0) is 14.7. The molecule has 0 radical (unpaired) electrons. The Bertz CT molecular complexity index is 501. The average molecular weight is 279 g/mol. The molecule has 0 saturated heterocycles. The van der Waals surface area contributed by atoms with Crippen LogP contribution in [0.5, 0.6) is 11.5 Å². The standard InChI is InChI=1S/C15H21NO4/c1-16-6-5-10-7-13(18-2)14(19-3)8-11(10)12(16)9-15(17)20-4/h7-8,12H,5-6,9H2,1-4H3. The number of hydrogen-bond acceptors (Lipinski definition) is 5. The molecule has 1 heterocycles. The molecule has 0 saturated carbocycles. The summed E-state index contributed by atoms with van der Waals surface area (Å²) in [5.74, 6) is 1.22. The molecule has 0 spiro atoms. The van der Waals surface area contributed by atoms with E-state index in [-0.39, 0.29) is 12.0 Å². The third-order valence-corrected chi connectivity index (χ3v) is 3.86. The highest BCUT2D eigenvalue weighted by Gasteiger charge is 2.28. The van der Waals surface area contributed by atoms with Crippen LogP contribution >= 0.6 is 0 Å². The lowest BCUT2D eigenvalue weighted by atomic mass is 9.90. The van der Waals surface area contributed by atoms with Crippen molar-refractivity contribution in [3.8, 4) is 11.5 Å². The van der Waals surface area contributed by atoms with Gasteiger partial charge in [-0.3, -0.25) is 9.69 Å². The van der Waals surface area contributed by atoms with E-state index < -0.39 is 0 Å². The molecule has 110 valence electrons. The summed E-state index contributed by atoms with van der Waals surface area (Å²) in [6.45, 7) is 0.907. The van der Waals surface area contributed by atoms with E-state index in [1.807, 2.05) is 19.2 Å². The monoisotopic (exact) mass is 279 g/mol. The lowest BCUT2D eigenvalue weighted by molar-refractivity contribution is -0.142. The van der Waals surface area contributed by atoms with Gasteiger partial charge in [0.1, 0.15) is 0 Å². The minimum atomic E-state index is -0.204. The summed E-state index contributed by atoms with van der Waals surface area (Å²) in [6, 6.07) is 3.99. The number of nitrogens with zero attached hydrogens (tertiary/aromatic N) is 1. The van der Waals surface area contributed by atoms with Crippen molar-refractivity contribution in [3.63, 3.8) is 0 Å². The number of fused-ring (bicyclic) bond motifs is 1. The Kier molecular flexibility index (Phi) is 4.49. The van der Waals surface area contributed by atoms with Crippen LogP contribution in [0, 0.1) is 0 Å². The van der Waals surface area contributed by atoms with Crippen LogP contribution < -0.4 is 9.47 Å². The van der Waals surface area contributed by atoms with Crippen LogP contribution in [0.2, 0.25) is 0 Å². The van der Waals surface area contributed by atoms with Crippen LogP contribution in [0.25, 0.3) is 0 Å². The van der Waals surface area contributed by atoms with Gasteiger partial charge in [0.05, 0.1) is 27.8 Å². The maximum Gasteiger partial charge on any atom is 0.307 e. The minimum absolute atomic E-state index is 0.0195. The highest BCUT2D eigenvalue weighted by Crippen LogP contribution is 2.38. The fraction of sp³-hybridized carbons (Fsp3) is 0.533. The summed E-state index contributed by atoms with van der Waals surface area (Å²) in [5, 5.41) is 0. The van der Waals surface area contributed by atoms with Gasteiger partial charge < -0.3 is 14.2 Å². The SMILES string of the molecule is COC(=O)CC1c2cc(OC)c(OC)cc2CCN1C. The molecule has 0 aromatic heterocycles. The lowest BCUT2D eigenvalue weighted by Crippen LogP contribution is -2.33. The van der Waals surface area contributed by atoms with Crippen LogP contribution in [0.4, 0.5) is 0 Å². The second-order valence-electron chi connectivity index (χ2n) is 4.93. The van der Waals surface area contributed by atoms with E-state index in [1.165, 1.54) is 12.7 Å². The number of rotatable bonds is 4. The summed E-state index contributed by atoms with van der Waals surface area (Å²) in [4.78, 5) is 13.8. The number of carbonyl (C=O) groups is 1. The summed E-state index contributed by atoms with van der Waals surface area (Å²) in [5.41, 5.74) is 2.32. The molecule has 1 aromatic carbocycles. The van der Waals surface area contributed by atoms with Crippen molar-refractivity contribution in [2.75, 3.05) is 34.9 Å². The van der Waals surface area contributed by atoms with Gasteiger partial charge in [0.25, 0.3) is 0 Å². The first-order valence-corrected chi connectivity index (χ1v) is 6.62. The van der Waals surface area contributed by atoms with E-state index in [2.05, 4.69) is 4.90 Å². The maximum absolute atomic E-state index is 11.6. The quantitative estimate of drug-likeness (QED) is 0.787. The molecule has 0 amide bonds. The fourth-order valence-electron chi connectivity index (χ4n) is 2.66. The van der Waals surface area contributed by atoms with Crippen molar-refractivity contribution in [3.05, 3.63) is 23.3 Å². The molecular formula is C15H21NO4. The Morgan fingerprint density at radius 1 is 1.25 bits per heavy atom. The first kappa shape index (κ1) is 14.7. The van der Waals surface area contributed by atoms with Gasteiger partial charge >= 0.3 is 5.97 Å². The van der Waals surface area contributed by atoms with Crippen LogP contribution in [-0.4, -0.2) is 45.8 Å². The van der Waals surface area contributed by atoms with Crippen LogP contribution in [0.15, 0.2) is 12.1 Å². The lowest BCUT2D eigenvalue weighted by Gasteiger charge is -2.34. The Balaban J connectivity index is 2.41. The van der Waals surface area contributed by atoms with E-state index in [0.717, 1.165) is 24.3 Å². The molecule has 0 fully saturated rings. The third kappa shape index (κ3) is 2.72. The van der Waals surface area contributed by atoms with Crippen molar-refractivity contribution in [1.82, 2.24) is 4.90 Å². The Morgan fingerprint density at radius 3 is 2.50 bits per heavy atom. The topological polar surface area (TPSA) is 48.0 Å². The number of ether oxygens (including phenoxy) is 3. The molecule has 0 N–H and O–H groups in total. The number of benzene rings is 1. The second kappa shape index (κ2) is 6.13. The fourth-order valence-corrected chi connectivity index (χ4v) is 2.66. The van der Waals surface area contributed by atoms with Crippen molar-refractivity contribution >= 4 is 5.97 Å². The third-order valence-electron chi connectivity index (χ3n) is 3.86. The largest absolute Gasteiger partial charge is 0.493 e. The minimum Gasteiger partial charge on any atom is -0.493 e. The zero-order valence-corrected chi connectivity index (χ0v) is 12.4. The van der Waals surface area contributed by atoms with E-state index >= 15 is 0 Å². The zero-order valence-electron chi connectivity index (χ0n) is 12.4. The van der Waals surface area contributed by atoms with Crippen molar-refractivity contribution in [2.24, 2.45) is 0 Å². The number of methoxy groups -OCH3 is 3. The summed E-state index contributed by atoms with van der Waals surface area (Å²) < 4.78 is 15.5. The van der Waals surface area contributed by atoms with E-state index in [0.29, 0.717) is 12.2 Å². The summed E-state index contributed by atoms with van der Waals surface area (Å²) in [6.07, 6.45) is 1.28. The van der Waals surface area contributed by atoms with Gasteiger partial charge in [-0.2, -0.15) is 0 Å². The molecule has 1 aromatic rings. The predicted molar refractivity (Wildman–Crippen MR) is 75.3 cm³/mol. The van der Waals surface area contributed by atoms with Crippen LogP contribution in [0.1, 0.15) is 23.6 Å². The number of carbonyl (C=O) groups excluding carboxylic acids is 1. The Hall–Kier alpha value is -1.75. The molecule has 5 nitrogen and oxygen atoms in total. The van der Waals surface area contributed by atoms with Crippen LogP contribution in [0.3, 0.4) is 0 Å². The second-order valence-corrected chi connectivity index (χ2v) is 4.93. The Morgan fingerprint density at radius 2 is 1.90 bits per heavy atom. The van der Waals surface area contributed by atoms with Gasteiger partial charge in [-0.15, -0.1) is 0 Å².